The van der Waals surface area contributed by atoms with Crippen molar-refractivity contribution in [2.75, 3.05) is 26.5 Å². The third kappa shape index (κ3) is 3.33. The maximum atomic E-state index is 12.7. The highest BCUT2D eigenvalue weighted by molar-refractivity contribution is 8.01. The number of rotatable bonds is 4. The lowest BCUT2D eigenvalue weighted by Gasteiger charge is -2.32. The molecule has 1 fully saturated rings. The molecule has 0 aliphatic carbocycles. The molecule has 0 aromatic heterocycles. The molecule has 0 spiro atoms. The molecule has 0 radical (unpaired) electrons. The lowest BCUT2D eigenvalue weighted by molar-refractivity contribution is -0.142. The van der Waals surface area contributed by atoms with Gasteiger partial charge in [-0.05, 0) is 36.4 Å². The first-order valence-electron chi connectivity index (χ1n) is 6.36. The van der Waals surface area contributed by atoms with E-state index < -0.39 is 21.4 Å². The van der Waals surface area contributed by atoms with Crippen LogP contribution in [-0.4, -0.2) is 50.6 Å². The molecule has 1 atom stereocenters. The number of methoxy groups -OCH3 is 2. The molecule has 0 amide bonds. The Morgan fingerprint density at radius 3 is 2.52 bits per heavy atom. The molecule has 1 aromatic rings. The van der Waals surface area contributed by atoms with Gasteiger partial charge in [0.25, 0.3) is 0 Å². The molecule has 2 rings (SSSR count). The van der Waals surface area contributed by atoms with Gasteiger partial charge in [-0.1, -0.05) is 0 Å². The first kappa shape index (κ1) is 16.1. The van der Waals surface area contributed by atoms with Crippen molar-refractivity contribution in [3.8, 4) is 5.75 Å². The lowest BCUT2D eigenvalue weighted by atomic mass is 10.3. The van der Waals surface area contributed by atoms with Gasteiger partial charge in [0.2, 0.25) is 10.0 Å². The lowest BCUT2D eigenvalue weighted by Crippen LogP contribution is -2.46. The monoisotopic (exact) mass is 331 g/mol. The number of carbonyl (C=O) groups excluding carboxylic acids is 1. The van der Waals surface area contributed by atoms with E-state index in [1.165, 1.54) is 42.4 Å². The molecular formula is C13H17NO5S2. The smallest absolute Gasteiger partial charge is 0.334 e. The van der Waals surface area contributed by atoms with E-state index in [0.29, 0.717) is 18.7 Å². The minimum atomic E-state index is -3.74. The van der Waals surface area contributed by atoms with Gasteiger partial charge in [-0.3, -0.25) is 0 Å². The highest BCUT2D eigenvalue weighted by Crippen LogP contribution is 2.30. The fraction of sp³-hybridized carbons (Fsp3) is 0.462. The van der Waals surface area contributed by atoms with Gasteiger partial charge in [0, 0.05) is 6.54 Å². The SMILES string of the molecule is COC(=O)[C@H]1SCCCN1S(=O)(=O)c1ccc(OC)cc1. The van der Waals surface area contributed by atoms with E-state index in [4.69, 9.17) is 9.47 Å². The van der Waals surface area contributed by atoms with Gasteiger partial charge in [0.15, 0.2) is 5.37 Å². The third-order valence-corrected chi connectivity index (χ3v) is 6.43. The summed E-state index contributed by atoms with van der Waals surface area (Å²) < 4.78 is 36.3. The van der Waals surface area contributed by atoms with Crippen LogP contribution in [0.2, 0.25) is 0 Å². The summed E-state index contributed by atoms with van der Waals surface area (Å²) in [5.74, 6) is 0.761. The van der Waals surface area contributed by atoms with Gasteiger partial charge in [-0.2, -0.15) is 4.31 Å². The number of hydrogen-bond acceptors (Lipinski definition) is 6. The zero-order valence-electron chi connectivity index (χ0n) is 11.8. The van der Waals surface area contributed by atoms with Gasteiger partial charge in [0.05, 0.1) is 19.1 Å². The second kappa shape index (κ2) is 6.67. The van der Waals surface area contributed by atoms with Crippen molar-refractivity contribution in [3.05, 3.63) is 24.3 Å². The van der Waals surface area contributed by atoms with E-state index in [2.05, 4.69) is 0 Å². The highest BCUT2D eigenvalue weighted by atomic mass is 32.2. The number of carbonyl (C=O) groups is 1. The average Bonchev–Trinajstić information content (AvgIpc) is 2.54. The summed E-state index contributed by atoms with van der Waals surface area (Å²) in [4.78, 5) is 11.9. The maximum absolute atomic E-state index is 12.7. The van der Waals surface area contributed by atoms with Gasteiger partial charge >= 0.3 is 5.97 Å². The van der Waals surface area contributed by atoms with E-state index in [1.807, 2.05) is 0 Å². The molecule has 116 valence electrons. The van der Waals surface area contributed by atoms with E-state index in [-0.39, 0.29) is 4.90 Å². The number of thioether (sulfide) groups is 1. The van der Waals surface area contributed by atoms with Crippen LogP contribution in [0.5, 0.6) is 5.75 Å². The van der Waals surface area contributed by atoms with Crippen LogP contribution >= 0.6 is 11.8 Å². The molecule has 6 nitrogen and oxygen atoms in total. The van der Waals surface area contributed by atoms with Crippen LogP contribution in [0, 0.1) is 0 Å². The summed E-state index contributed by atoms with van der Waals surface area (Å²) in [5, 5.41) is -0.823. The van der Waals surface area contributed by atoms with Crippen molar-refractivity contribution in [2.24, 2.45) is 0 Å². The Balaban J connectivity index is 2.33. The number of nitrogens with zero attached hydrogens (tertiary/aromatic N) is 1. The molecule has 0 N–H and O–H groups in total. The first-order valence-corrected chi connectivity index (χ1v) is 8.85. The second-order valence-corrected chi connectivity index (χ2v) is 7.47. The van der Waals surface area contributed by atoms with Gasteiger partial charge < -0.3 is 9.47 Å². The predicted molar refractivity (Wildman–Crippen MR) is 79.8 cm³/mol. The van der Waals surface area contributed by atoms with Crippen molar-refractivity contribution in [2.45, 2.75) is 16.7 Å². The summed E-state index contributed by atoms with van der Waals surface area (Å²) >= 11 is 1.28. The largest absolute Gasteiger partial charge is 0.497 e. The highest BCUT2D eigenvalue weighted by Gasteiger charge is 2.38. The number of sulfonamides is 1. The fourth-order valence-electron chi connectivity index (χ4n) is 2.03. The van der Waals surface area contributed by atoms with Crippen LogP contribution in [0.3, 0.4) is 0 Å². The van der Waals surface area contributed by atoms with Gasteiger partial charge in [-0.15, -0.1) is 11.8 Å². The number of benzene rings is 1. The molecule has 1 aromatic carbocycles. The number of ether oxygens (including phenoxy) is 2. The first-order chi connectivity index (χ1) is 10.0. The van der Waals surface area contributed by atoms with Crippen LogP contribution < -0.4 is 4.74 Å². The number of esters is 1. The molecular weight excluding hydrogens is 314 g/mol. The Kier molecular flexibility index (Phi) is 5.13. The van der Waals surface area contributed by atoms with E-state index >= 15 is 0 Å². The van der Waals surface area contributed by atoms with Gasteiger partial charge in [-0.25, -0.2) is 13.2 Å². The summed E-state index contributed by atoms with van der Waals surface area (Å²) in [6.07, 6.45) is 0.702. The van der Waals surface area contributed by atoms with Crippen LogP contribution in [0.1, 0.15) is 6.42 Å². The quantitative estimate of drug-likeness (QED) is 0.775. The standard InChI is InChI=1S/C13H17NO5S2/c1-18-10-4-6-11(7-5-10)21(16,17)14-8-3-9-20-12(14)13(15)19-2/h4-7,12H,3,8-9H2,1-2H3/t12-/m1/s1. The molecule has 1 aliphatic rings. The zero-order valence-corrected chi connectivity index (χ0v) is 13.4. The molecule has 0 unspecified atom stereocenters. The fourth-order valence-corrected chi connectivity index (χ4v) is 5.04. The molecule has 1 saturated heterocycles. The molecule has 1 heterocycles. The predicted octanol–water partition coefficient (Wildman–Crippen LogP) is 1.32. The van der Waals surface area contributed by atoms with Crippen LogP contribution in [0.15, 0.2) is 29.2 Å². The molecule has 0 saturated carbocycles. The molecule has 8 heteroatoms. The Morgan fingerprint density at radius 1 is 1.29 bits per heavy atom. The minimum absolute atomic E-state index is 0.139. The average molecular weight is 331 g/mol. The maximum Gasteiger partial charge on any atom is 0.334 e. The zero-order chi connectivity index (χ0) is 15.5. The minimum Gasteiger partial charge on any atom is -0.497 e. The second-order valence-electron chi connectivity index (χ2n) is 4.39. The number of hydrogen-bond donors (Lipinski definition) is 0. The molecule has 21 heavy (non-hydrogen) atoms. The van der Waals surface area contributed by atoms with Crippen molar-refractivity contribution in [3.63, 3.8) is 0 Å². The van der Waals surface area contributed by atoms with Crippen molar-refractivity contribution in [1.29, 1.82) is 0 Å². The van der Waals surface area contributed by atoms with E-state index in [1.54, 1.807) is 12.1 Å². The van der Waals surface area contributed by atoms with Crippen molar-refractivity contribution >= 4 is 27.8 Å². The van der Waals surface area contributed by atoms with Crippen LogP contribution in [0.25, 0.3) is 0 Å². The Labute approximate surface area is 128 Å². The summed E-state index contributed by atoms with van der Waals surface area (Å²) in [7, 11) is -0.964. The Hall–Kier alpha value is -1.25. The van der Waals surface area contributed by atoms with Crippen molar-refractivity contribution < 1.29 is 22.7 Å². The molecule has 1 aliphatic heterocycles. The summed E-state index contributed by atoms with van der Waals surface area (Å²) in [6.45, 7) is 0.307. The van der Waals surface area contributed by atoms with E-state index in [0.717, 1.165) is 5.75 Å². The topological polar surface area (TPSA) is 72.9 Å². The Morgan fingerprint density at radius 2 is 1.95 bits per heavy atom. The normalized spacial score (nSPS) is 20.0. The van der Waals surface area contributed by atoms with Crippen molar-refractivity contribution in [1.82, 2.24) is 4.31 Å². The van der Waals surface area contributed by atoms with Crippen LogP contribution in [-0.2, 0) is 19.6 Å². The Bertz CT molecular complexity index is 599. The van der Waals surface area contributed by atoms with E-state index in [9.17, 15) is 13.2 Å². The molecule has 0 bridgehead atoms. The van der Waals surface area contributed by atoms with Crippen LogP contribution in [0.4, 0.5) is 0 Å². The van der Waals surface area contributed by atoms with Gasteiger partial charge in [0.1, 0.15) is 5.75 Å². The summed E-state index contributed by atoms with van der Waals surface area (Å²) in [6, 6.07) is 6.11. The summed E-state index contributed by atoms with van der Waals surface area (Å²) in [5.41, 5.74) is 0. The third-order valence-electron chi connectivity index (χ3n) is 3.13.